The van der Waals surface area contributed by atoms with Crippen LogP contribution in [0.2, 0.25) is 0 Å². The van der Waals surface area contributed by atoms with Crippen LogP contribution in [0.25, 0.3) is 12.2 Å². The molecule has 5 saturated heterocycles. The van der Waals surface area contributed by atoms with Gasteiger partial charge < -0.3 is 137 Å². The van der Waals surface area contributed by atoms with E-state index in [1.54, 1.807) is 6.07 Å². The Kier molecular flexibility index (Phi) is 25.7. The van der Waals surface area contributed by atoms with Crippen molar-refractivity contribution in [3.05, 3.63) is 108 Å². The largest absolute Gasteiger partial charge is 0.508 e. The van der Waals surface area contributed by atoms with Gasteiger partial charge in [-0.05, 0) is 59.7 Å². The summed E-state index contributed by atoms with van der Waals surface area (Å²) in [6, 6.07) is 17.8. The van der Waals surface area contributed by atoms with Gasteiger partial charge in [-0.25, -0.2) is 14.4 Å². The molecule has 0 aliphatic carbocycles. The minimum Gasteiger partial charge on any atom is -0.508 e. The van der Waals surface area contributed by atoms with Crippen LogP contribution in [0.4, 0.5) is 0 Å². The van der Waals surface area contributed by atoms with Crippen molar-refractivity contribution in [2.75, 3.05) is 39.6 Å². The Morgan fingerprint density at radius 2 is 0.895 bits per heavy atom. The molecule has 3 aromatic carbocycles. The number of aliphatic hydroxyl groups is 11. The zero-order valence-corrected chi connectivity index (χ0v) is 50.7. The van der Waals surface area contributed by atoms with Crippen LogP contribution < -0.4 is 0 Å². The number of aliphatic hydroxyl groups excluding tert-OH is 11. The zero-order valence-electron chi connectivity index (χ0n) is 50.7. The van der Waals surface area contributed by atoms with Crippen molar-refractivity contribution in [2.45, 2.75) is 168 Å². The Morgan fingerprint density at radius 1 is 0.442 bits per heavy atom. The number of benzene rings is 3. The molecule has 34 nitrogen and oxygen atoms in total. The molecule has 522 valence electrons. The van der Waals surface area contributed by atoms with E-state index < -0.39 is 222 Å². The second kappa shape index (κ2) is 33.1. The van der Waals surface area contributed by atoms with Crippen molar-refractivity contribution in [1.82, 2.24) is 0 Å². The van der Waals surface area contributed by atoms with E-state index in [-0.39, 0.29) is 22.6 Å². The Morgan fingerprint density at radius 3 is 1.39 bits per heavy atom. The topological polar surface area (TPSA) is 504 Å². The maximum absolute atomic E-state index is 14.4. The number of rotatable bonds is 25. The second-order valence-corrected chi connectivity index (χ2v) is 22.3. The second-order valence-electron chi connectivity index (χ2n) is 22.3. The van der Waals surface area contributed by atoms with Gasteiger partial charge in [-0.3, -0.25) is 14.4 Å². The number of phenolic OH excluding ortho intramolecular Hbond substituents is 2. The van der Waals surface area contributed by atoms with Crippen molar-refractivity contribution < 1.29 is 166 Å². The number of carbonyl (C=O) groups excluding carboxylic acids is 6. The van der Waals surface area contributed by atoms with E-state index in [0.29, 0.717) is 5.56 Å². The van der Waals surface area contributed by atoms with Crippen molar-refractivity contribution in [3.63, 3.8) is 0 Å². The minimum atomic E-state index is -3.02. The van der Waals surface area contributed by atoms with E-state index in [1.807, 2.05) is 0 Å². The molecule has 13 N–H and O–H groups in total. The average molecular weight is 1350 g/mol. The van der Waals surface area contributed by atoms with Gasteiger partial charge in [0.05, 0.1) is 25.4 Å². The zero-order chi connectivity index (χ0) is 69.0. The minimum absolute atomic E-state index is 0.118. The van der Waals surface area contributed by atoms with Crippen molar-refractivity contribution in [2.24, 2.45) is 0 Å². The summed E-state index contributed by atoms with van der Waals surface area (Å²) >= 11 is 0. The lowest BCUT2D eigenvalue weighted by molar-refractivity contribution is -0.423. The molecule has 34 heteroatoms. The molecule has 0 bridgehead atoms. The molecule has 5 heterocycles. The van der Waals surface area contributed by atoms with Crippen LogP contribution in [0.3, 0.4) is 0 Å². The van der Waals surface area contributed by atoms with Crippen LogP contribution in [-0.2, 0) is 95.0 Å². The monoisotopic (exact) mass is 1350 g/mol. The van der Waals surface area contributed by atoms with Crippen molar-refractivity contribution >= 4 is 48.0 Å². The van der Waals surface area contributed by atoms with E-state index in [1.165, 1.54) is 84.9 Å². The van der Waals surface area contributed by atoms with Gasteiger partial charge in [-0.1, -0.05) is 42.5 Å². The van der Waals surface area contributed by atoms with Crippen LogP contribution in [-0.4, -0.2) is 289 Å². The average Bonchev–Trinajstić information content (AvgIpc) is 1.73. The summed E-state index contributed by atoms with van der Waals surface area (Å²) in [6.07, 6.45) is -45.8. The molecule has 0 saturated carbocycles. The summed E-state index contributed by atoms with van der Waals surface area (Å²) in [7, 11) is 0. The van der Waals surface area contributed by atoms with E-state index in [9.17, 15) is 95.2 Å². The lowest BCUT2D eigenvalue weighted by atomic mass is 9.95. The van der Waals surface area contributed by atoms with Gasteiger partial charge in [0.2, 0.25) is 5.79 Å². The van der Waals surface area contributed by atoms with Gasteiger partial charge in [0, 0.05) is 32.9 Å². The third-order valence-electron chi connectivity index (χ3n) is 15.5. The third kappa shape index (κ3) is 18.3. The summed E-state index contributed by atoms with van der Waals surface area (Å²) in [6.45, 7) is -3.65. The fourth-order valence-corrected chi connectivity index (χ4v) is 10.6. The number of ether oxygens (including phenoxy) is 15. The van der Waals surface area contributed by atoms with E-state index in [0.717, 1.165) is 32.9 Å². The highest BCUT2D eigenvalue weighted by Crippen LogP contribution is 2.43. The number of esters is 6. The molecule has 0 amide bonds. The van der Waals surface area contributed by atoms with Gasteiger partial charge in [0.1, 0.15) is 129 Å². The van der Waals surface area contributed by atoms with Crippen molar-refractivity contribution in [3.8, 4) is 11.5 Å². The Bertz CT molecular complexity index is 3090. The SMILES string of the molecule is CC(=O)OCC1OC(OC2C(OC(=O)/C=C/c3ccc(O)cc3)C(COC(C)=O)OC(OC3(COC(=O)/C=C/c4ccc(O)cc4)OC(CO)C(O)C3OC(=O)c3ccccc3)C2OC2OC(CO)C(O)C(O)C2O)C(O)C(OC2OC(CO)C(O)C(O)C2O)C1OC(C)=O. The third-order valence-corrected chi connectivity index (χ3v) is 15.5. The fraction of sp³-hybridized carbons (Fsp3) is 0.541. The van der Waals surface area contributed by atoms with Gasteiger partial charge in [-0.15, -0.1) is 0 Å². The lowest BCUT2D eigenvalue weighted by Crippen LogP contribution is -2.70. The van der Waals surface area contributed by atoms with Crippen LogP contribution >= 0.6 is 0 Å². The van der Waals surface area contributed by atoms with E-state index in [4.69, 9.17) is 71.1 Å². The molecule has 5 fully saturated rings. The number of hydrogen-bond acceptors (Lipinski definition) is 34. The maximum Gasteiger partial charge on any atom is 0.338 e. The van der Waals surface area contributed by atoms with Crippen LogP contribution in [0, 0.1) is 0 Å². The first kappa shape index (κ1) is 73.6. The van der Waals surface area contributed by atoms with Crippen LogP contribution in [0.1, 0.15) is 42.3 Å². The molecular weight excluding hydrogens is 1280 g/mol. The number of aromatic hydroxyl groups is 2. The summed E-state index contributed by atoms with van der Waals surface area (Å²) in [5.74, 6) is -10.2. The molecule has 0 spiro atoms. The van der Waals surface area contributed by atoms with E-state index >= 15 is 0 Å². The summed E-state index contributed by atoms with van der Waals surface area (Å²) in [5, 5.41) is 142. The smallest absolute Gasteiger partial charge is 0.338 e. The van der Waals surface area contributed by atoms with E-state index in [2.05, 4.69) is 0 Å². The van der Waals surface area contributed by atoms with Gasteiger partial charge >= 0.3 is 35.8 Å². The molecular formula is C61H74O34. The summed E-state index contributed by atoms with van der Waals surface area (Å²) in [4.78, 5) is 80.7. The Balaban J connectivity index is 1.32. The molecule has 0 radical (unpaired) electrons. The predicted molar refractivity (Wildman–Crippen MR) is 307 cm³/mol. The predicted octanol–water partition coefficient (Wildman–Crippen LogP) is -4.41. The Labute approximate surface area is 539 Å². The highest BCUT2D eigenvalue weighted by molar-refractivity contribution is 5.90. The maximum atomic E-state index is 14.4. The molecule has 5 aliphatic rings. The summed E-state index contributed by atoms with van der Waals surface area (Å²) in [5.41, 5.74) is 0.483. The first-order valence-corrected chi connectivity index (χ1v) is 29.5. The lowest BCUT2D eigenvalue weighted by Gasteiger charge is -2.51. The van der Waals surface area contributed by atoms with Gasteiger partial charge in [-0.2, -0.15) is 0 Å². The molecule has 8 rings (SSSR count). The first-order chi connectivity index (χ1) is 45.2. The van der Waals surface area contributed by atoms with Gasteiger partial charge in [0.15, 0.2) is 43.5 Å². The summed E-state index contributed by atoms with van der Waals surface area (Å²) < 4.78 is 90.1. The number of phenols is 2. The molecule has 95 heavy (non-hydrogen) atoms. The molecule has 3 aromatic rings. The van der Waals surface area contributed by atoms with Gasteiger partial charge in [0.25, 0.3) is 0 Å². The highest BCUT2D eigenvalue weighted by Gasteiger charge is 2.65. The van der Waals surface area contributed by atoms with Crippen LogP contribution in [0.15, 0.2) is 91.0 Å². The molecule has 24 unspecified atom stereocenters. The fourth-order valence-electron chi connectivity index (χ4n) is 10.6. The standard InChI is InChI=1S/C61H74O34/c1-27(65)81-24-38-50(84-29(3)67)52(90-57-47(77)45(75)42(72)35(21-62)85-57)49(79)59(87-38)91-53-51(89-41(71)20-14-31-11-17-34(69)18-12-31)39(25-82-28(2)66)88-60(54(53)92-58-48(78)46(76)43(73)36(22-63)86-58)95-61(26-83-40(70)19-13-30-9-15-33(68)16-10-30)55(44(74)37(23-64)94-61)93-56(80)32-7-5-4-6-8-32/h4-20,35-39,42-55,57-60,62-64,68-69,72-79H,21-26H2,1-3H3/b19-13+,20-14+. The quantitative estimate of drug-likeness (QED) is 0.0216. The molecule has 0 aromatic heterocycles. The number of hydrogen-bond donors (Lipinski definition) is 13. The Hall–Kier alpha value is -7.24. The molecule has 24 atom stereocenters. The first-order valence-electron chi connectivity index (χ1n) is 29.5. The van der Waals surface area contributed by atoms with Crippen molar-refractivity contribution in [1.29, 1.82) is 0 Å². The highest BCUT2D eigenvalue weighted by atomic mass is 16.8. The van der Waals surface area contributed by atoms with Crippen LogP contribution in [0.5, 0.6) is 11.5 Å². The number of carbonyl (C=O) groups is 6. The normalized spacial score (nSPS) is 35.7. The molecule has 5 aliphatic heterocycles.